The van der Waals surface area contributed by atoms with Crippen LogP contribution in [0.15, 0.2) is 60.7 Å². The fourth-order valence-corrected chi connectivity index (χ4v) is 5.02. The predicted octanol–water partition coefficient (Wildman–Crippen LogP) is 6.39. The van der Waals surface area contributed by atoms with Gasteiger partial charge in [0.15, 0.2) is 0 Å². The highest BCUT2D eigenvalue weighted by atomic mass is 31.2. The van der Waals surface area contributed by atoms with Crippen molar-refractivity contribution in [3.8, 4) is 11.5 Å². The Balaban J connectivity index is 2.17. The molecule has 2 aromatic carbocycles. The van der Waals surface area contributed by atoms with E-state index in [1.165, 1.54) is 0 Å². The minimum Gasteiger partial charge on any atom is -0.418 e. The van der Waals surface area contributed by atoms with Crippen molar-refractivity contribution < 1.29 is 13.3 Å². The molecule has 2 rings (SSSR count). The van der Waals surface area contributed by atoms with Gasteiger partial charge in [-0.2, -0.15) is 0 Å². The SMILES string of the molecule is CC(C)(C)[Si](C)(C)OP(Oc1ccccc1)Oc1ccccc1. The lowest BCUT2D eigenvalue weighted by Crippen LogP contribution is -2.39. The summed E-state index contributed by atoms with van der Waals surface area (Å²) < 4.78 is 18.4. The van der Waals surface area contributed by atoms with Gasteiger partial charge in [-0.25, -0.2) is 0 Å². The molecule has 0 aliphatic carbocycles. The molecule has 5 heteroatoms. The molecule has 0 aromatic heterocycles. The van der Waals surface area contributed by atoms with E-state index >= 15 is 0 Å². The van der Waals surface area contributed by atoms with Crippen molar-refractivity contribution in [1.29, 1.82) is 0 Å². The third kappa shape index (κ3) is 5.35. The third-order valence-corrected chi connectivity index (χ3v) is 10.7. The van der Waals surface area contributed by atoms with Crippen molar-refractivity contribution in [2.24, 2.45) is 0 Å². The summed E-state index contributed by atoms with van der Waals surface area (Å²) in [5.74, 6) is 1.52. The lowest BCUT2D eigenvalue weighted by atomic mass is 10.2. The van der Waals surface area contributed by atoms with Gasteiger partial charge in [0.25, 0.3) is 0 Å². The molecule has 0 aliphatic rings. The maximum Gasteiger partial charge on any atom is 0.452 e. The molecule has 0 heterocycles. The molecule has 23 heavy (non-hydrogen) atoms. The first-order valence-electron chi connectivity index (χ1n) is 7.73. The van der Waals surface area contributed by atoms with E-state index in [0.717, 1.165) is 11.5 Å². The molecule has 2 aromatic rings. The average Bonchev–Trinajstić information content (AvgIpc) is 2.47. The van der Waals surface area contributed by atoms with Crippen LogP contribution in [0.3, 0.4) is 0 Å². The average molecular weight is 348 g/mol. The van der Waals surface area contributed by atoms with E-state index in [-0.39, 0.29) is 5.04 Å². The van der Waals surface area contributed by atoms with Crippen molar-refractivity contribution in [3.63, 3.8) is 0 Å². The quantitative estimate of drug-likeness (QED) is 0.447. The highest BCUT2D eigenvalue weighted by Gasteiger charge is 2.41. The van der Waals surface area contributed by atoms with Gasteiger partial charge in [-0.1, -0.05) is 57.2 Å². The van der Waals surface area contributed by atoms with Gasteiger partial charge in [-0.3, -0.25) is 0 Å². The van der Waals surface area contributed by atoms with Gasteiger partial charge >= 0.3 is 8.60 Å². The van der Waals surface area contributed by atoms with Crippen LogP contribution in [0.4, 0.5) is 0 Å². The summed E-state index contributed by atoms with van der Waals surface area (Å²) in [7, 11) is -3.50. The fraction of sp³-hybridized carbons (Fsp3) is 0.333. The van der Waals surface area contributed by atoms with E-state index in [1.54, 1.807) is 0 Å². The Hall–Kier alpha value is -1.35. The summed E-state index contributed by atoms with van der Waals surface area (Å²) in [5, 5.41) is 0.0910. The van der Waals surface area contributed by atoms with Crippen molar-refractivity contribution in [1.82, 2.24) is 0 Å². The van der Waals surface area contributed by atoms with E-state index in [0.29, 0.717) is 0 Å². The van der Waals surface area contributed by atoms with Crippen LogP contribution in [0, 0.1) is 0 Å². The Morgan fingerprint density at radius 2 is 1.13 bits per heavy atom. The first-order valence-corrected chi connectivity index (χ1v) is 11.7. The van der Waals surface area contributed by atoms with Crippen molar-refractivity contribution in [2.75, 3.05) is 0 Å². The van der Waals surface area contributed by atoms with Crippen LogP contribution >= 0.6 is 8.60 Å². The topological polar surface area (TPSA) is 27.7 Å². The molecule has 0 saturated carbocycles. The number of hydrogen-bond donors (Lipinski definition) is 0. The second-order valence-electron chi connectivity index (χ2n) is 6.88. The minimum atomic E-state index is -2.00. The van der Waals surface area contributed by atoms with Gasteiger partial charge < -0.3 is 13.3 Å². The van der Waals surface area contributed by atoms with Gasteiger partial charge in [0.1, 0.15) is 11.5 Å². The number of hydrogen-bond acceptors (Lipinski definition) is 3. The standard InChI is InChI=1S/C18H25O3PSi/c1-18(2,3)23(4,5)21-22(19-16-12-8-6-9-13-16)20-17-14-10-7-11-15-17/h6-15H,1-5H3. The smallest absolute Gasteiger partial charge is 0.418 e. The molecule has 124 valence electrons. The summed E-state index contributed by atoms with van der Waals surface area (Å²) in [4.78, 5) is 0. The van der Waals surface area contributed by atoms with Crippen LogP contribution in [-0.2, 0) is 4.21 Å². The number of rotatable bonds is 6. The Kier molecular flexibility index (Phi) is 5.85. The van der Waals surface area contributed by atoms with Crippen molar-refractivity contribution >= 4 is 16.9 Å². The van der Waals surface area contributed by atoms with Gasteiger partial charge in [0, 0.05) is 0 Å². The molecule has 0 saturated heterocycles. The van der Waals surface area contributed by atoms with Crippen LogP contribution in [0.25, 0.3) is 0 Å². The number of benzene rings is 2. The van der Waals surface area contributed by atoms with Crippen molar-refractivity contribution in [3.05, 3.63) is 60.7 Å². The van der Waals surface area contributed by atoms with E-state index in [4.69, 9.17) is 13.3 Å². The molecule has 0 fully saturated rings. The summed E-state index contributed by atoms with van der Waals surface area (Å²) >= 11 is 0. The molecule has 0 atom stereocenters. The molecular weight excluding hydrogens is 323 g/mol. The summed E-state index contributed by atoms with van der Waals surface area (Å²) in [6.07, 6.45) is 0. The highest BCUT2D eigenvalue weighted by molar-refractivity contribution is 7.44. The van der Waals surface area contributed by atoms with E-state index in [1.807, 2.05) is 60.7 Å². The predicted molar refractivity (Wildman–Crippen MR) is 99.3 cm³/mol. The van der Waals surface area contributed by atoms with E-state index in [9.17, 15) is 0 Å². The zero-order valence-corrected chi connectivity index (χ0v) is 16.3. The van der Waals surface area contributed by atoms with E-state index < -0.39 is 16.9 Å². The van der Waals surface area contributed by atoms with Gasteiger partial charge in [-0.05, 0) is 42.4 Å². The van der Waals surface area contributed by atoms with Crippen molar-refractivity contribution in [2.45, 2.75) is 38.9 Å². The first kappa shape index (κ1) is 18.0. The first-order chi connectivity index (χ1) is 10.8. The summed E-state index contributed by atoms with van der Waals surface area (Å²) in [6.45, 7) is 11.0. The normalized spacial score (nSPS) is 12.3. The van der Waals surface area contributed by atoms with Crippen LogP contribution < -0.4 is 9.05 Å². The molecule has 0 radical (unpaired) electrons. The van der Waals surface area contributed by atoms with Gasteiger partial charge in [0.05, 0.1) is 0 Å². The second kappa shape index (κ2) is 7.48. The van der Waals surface area contributed by atoms with Crippen LogP contribution in [0.1, 0.15) is 20.8 Å². The molecule has 0 amide bonds. The summed E-state index contributed by atoms with van der Waals surface area (Å²) in [5.41, 5.74) is 0. The summed E-state index contributed by atoms with van der Waals surface area (Å²) in [6, 6.07) is 19.4. The Morgan fingerprint density at radius 3 is 1.48 bits per heavy atom. The Bertz CT molecular complexity index is 555. The zero-order valence-electron chi connectivity index (χ0n) is 14.4. The van der Waals surface area contributed by atoms with Gasteiger partial charge in [0.2, 0.25) is 8.32 Å². The van der Waals surface area contributed by atoms with Crippen LogP contribution in [-0.4, -0.2) is 8.32 Å². The minimum absolute atomic E-state index is 0.0910. The Labute approximate surface area is 141 Å². The van der Waals surface area contributed by atoms with Crippen LogP contribution in [0.2, 0.25) is 18.1 Å². The molecule has 0 bridgehead atoms. The molecule has 3 nitrogen and oxygen atoms in total. The largest absolute Gasteiger partial charge is 0.452 e. The lowest BCUT2D eigenvalue weighted by Gasteiger charge is -2.37. The molecule has 0 spiro atoms. The Morgan fingerprint density at radius 1 is 0.739 bits per heavy atom. The number of para-hydroxylation sites is 2. The molecular formula is C18H25O3PSi. The monoisotopic (exact) mass is 348 g/mol. The maximum absolute atomic E-state index is 6.37. The second-order valence-corrected chi connectivity index (χ2v) is 12.9. The van der Waals surface area contributed by atoms with Gasteiger partial charge in [-0.15, -0.1) is 0 Å². The molecule has 0 aliphatic heterocycles. The zero-order chi connectivity index (χ0) is 16.9. The van der Waals surface area contributed by atoms with Crippen LogP contribution in [0.5, 0.6) is 11.5 Å². The highest BCUT2D eigenvalue weighted by Crippen LogP contribution is 2.49. The molecule has 0 unspecified atom stereocenters. The van der Waals surface area contributed by atoms with E-state index in [2.05, 4.69) is 33.9 Å². The molecule has 0 N–H and O–H groups in total. The fourth-order valence-electron chi connectivity index (χ4n) is 1.51. The lowest BCUT2D eigenvalue weighted by molar-refractivity contribution is 0.372. The maximum atomic E-state index is 6.37. The third-order valence-electron chi connectivity index (χ3n) is 3.96.